The molecule has 6 nitrogen and oxygen atoms in total. The molecule has 2 heterocycles. The van der Waals surface area contributed by atoms with Gasteiger partial charge in [-0.15, -0.1) is 0 Å². The van der Waals surface area contributed by atoms with E-state index >= 15 is 0 Å². The Morgan fingerprint density at radius 1 is 1.25 bits per heavy atom. The number of rotatable bonds is 1. The summed E-state index contributed by atoms with van der Waals surface area (Å²) in [6.45, 7) is 10.7. The van der Waals surface area contributed by atoms with Crippen LogP contribution in [0.15, 0.2) is 6.20 Å². The molecule has 0 bridgehead atoms. The topological polar surface area (TPSA) is 50.6 Å². The third kappa shape index (κ3) is 3.23. The Balaban J connectivity index is 1.93. The molecule has 0 aliphatic carbocycles. The van der Waals surface area contributed by atoms with Gasteiger partial charge in [-0.1, -0.05) is 0 Å². The van der Waals surface area contributed by atoms with Crippen LogP contribution in [0.1, 0.15) is 26.5 Å². The standard InChI is InChI=1S/C14H24N4O2/c1-11-12(10-15-16(11)5)17-6-8-18(9-7-17)13(19)20-14(2,3)4/h10H,6-9H2,1-5H3. The first-order valence-corrected chi connectivity index (χ1v) is 6.99. The first-order valence-electron chi connectivity index (χ1n) is 6.99. The number of carbonyl (C=O) groups excluding carboxylic acids is 1. The van der Waals surface area contributed by atoms with Crippen LogP contribution in [0.5, 0.6) is 0 Å². The Morgan fingerprint density at radius 2 is 1.85 bits per heavy atom. The molecule has 0 saturated carbocycles. The maximum Gasteiger partial charge on any atom is 0.410 e. The molecule has 1 saturated heterocycles. The molecule has 0 radical (unpaired) electrons. The summed E-state index contributed by atoms with van der Waals surface area (Å²) < 4.78 is 7.27. The van der Waals surface area contributed by atoms with E-state index in [0.717, 1.165) is 24.5 Å². The van der Waals surface area contributed by atoms with Gasteiger partial charge >= 0.3 is 6.09 Å². The summed E-state index contributed by atoms with van der Waals surface area (Å²) in [5.74, 6) is 0. The Morgan fingerprint density at radius 3 is 2.30 bits per heavy atom. The number of ether oxygens (including phenoxy) is 1. The van der Waals surface area contributed by atoms with Crippen LogP contribution in [-0.2, 0) is 11.8 Å². The van der Waals surface area contributed by atoms with Gasteiger partial charge in [0.15, 0.2) is 0 Å². The van der Waals surface area contributed by atoms with Crippen molar-refractivity contribution in [1.29, 1.82) is 0 Å². The SMILES string of the molecule is Cc1c(N2CCN(C(=O)OC(C)(C)C)CC2)cnn1C. The molecule has 112 valence electrons. The maximum atomic E-state index is 12.0. The van der Waals surface area contributed by atoms with Gasteiger partial charge in [-0.05, 0) is 27.7 Å². The second kappa shape index (κ2) is 5.34. The zero-order chi connectivity index (χ0) is 14.9. The summed E-state index contributed by atoms with van der Waals surface area (Å²) in [5.41, 5.74) is 1.86. The fourth-order valence-electron chi connectivity index (χ4n) is 2.25. The van der Waals surface area contributed by atoms with Gasteiger partial charge in [-0.3, -0.25) is 4.68 Å². The Labute approximate surface area is 120 Å². The van der Waals surface area contributed by atoms with Crippen molar-refractivity contribution >= 4 is 11.8 Å². The van der Waals surface area contributed by atoms with Crippen molar-refractivity contribution in [3.05, 3.63) is 11.9 Å². The molecule has 0 spiro atoms. The normalized spacial score (nSPS) is 16.4. The average molecular weight is 280 g/mol. The van der Waals surface area contributed by atoms with Crippen LogP contribution < -0.4 is 4.90 Å². The summed E-state index contributed by atoms with van der Waals surface area (Å²) in [4.78, 5) is 16.0. The quantitative estimate of drug-likeness (QED) is 0.787. The molecule has 0 unspecified atom stereocenters. The van der Waals surface area contributed by atoms with E-state index in [0.29, 0.717) is 13.1 Å². The highest BCUT2D eigenvalue weighted by atomic mass is 16.6. The minimum Gasteiger partial charge on any atom is -0.444 e. The molecule has 0 atom stereocenters. The summed E-state index contributed by atoms with van der Waals surface area (Å²) >= 11 is 0. The fourth-order valence-corrected chi connectivity index (χ4v) is 2.25. The summed E-state index contributed by atoms with van der Waals surface area (Å²) in [7, 11) is 1.94. The highest BCUT2D eigenvalue weighted by Gasteiger charge is 2.26. The molecular weight excluding hydrogens is 256 g/mol. The van der Waals surface area contributed by atoms with Gasteiger partial charge in [-0.25, -0.2) is 4.79 Å². The highest BCUT2D eigenvalue weighted by molar-refractivity contribution is 5.68. The first kappa shape index (κ1) is 14.7. The zero-order valence-electron chi connectivity index (χ0n) is 13.0. The van der Waals surface area contributed by atoms with Gasteiger partial charge in [-0.2, -0.15) is 5.10 Å². The largest absolute Gasteiger partial charge is 0.444 e. The lowest BCUT2D eigenvalue weighted by atomic mass is 10.2. The van der Waals surface area contributed by atoms with Gasteiger partial charge in [0.2, 0.25) is 0 Å². The van der Waals surface area contributed by atoms with Gasteiger partial charge in [0.1, 0.15) is 5.60 Å². The maximum absolute atomic E-state index is 12.0. The number of aryl methyl sites for hydroxylation is 1. The molecule has 1 aromatic rings. The van der Waals surface area contributed by atoms with Crippen LogP contribution in [-0.4, -0.2) is 52.6 Å². The number of hydrogen-bond donors (Lipinski definition) is 0. The third-order valence-electron chi connectivity index (χ3n) is 3.48. The monoisotopic (exact) mass is 280 g/mol. The number of nitrogens with zero attached hydrogens (tertiary/aromatic N) is 4. The summed E-state index contributed by atoms with van der Waals surface area (Å²) in [6.07, 6.45) is 1.67. The van der Waals surface area contributed by atoms with Crippen LogP contribution >= 0.6 is 0 Å². The Hall–Kier alpha value is -1.72. The van der Waals surface area contributed by atoms with Crippen molar-refractivity contribution in [3.8, 4) is 0 Å². The second-order valence-corrected chi connectivity index (χ2v) is 6.19. The van der Waals surface area contributed by atoms with E-state index in [1.54, 1.807) is 4.90 Å². The molecule has 2 rings (SSSR count). The molecule has 0 N–H and O–H groups in total. The number of amides is 1. The predicted molar refractivity (Wildman–Crippen MR) is 78.0 cm³/mol. The van der Waals surface area contributed by atoms with Crippen LogP contribution in [0.25, 0.3) is 0 Å². The van der Waals surface area contributed by atoms with Gasteiger partial charge in [0.05, 0.1) is 17.6 Å². The smallest absolute Gasteiger partial charge is 0.410 e. The minimum atomic E-state index is -0.436. The van der Waals surface area contributed by atoms with E-state index in [4.69, 9.17) is 4.74 Å². The van der Waals surface area contributed by atoms with Crippen molar-refractivity contribution in [2.45, 2.75) is 33.3 Å². The van der Waals surface area contributed by atoms with E-state index < -0.39 is 5.60 Å². The lowest BCUT2D eigenvalue weighted by Gasteiger charge is -2.36. The summed E-state index contributed by atoms with van der Waals surface area (Å²) in [6, 6.07) is 0. The number of carbonyl (C=O) groups is 1. The third-order valence-corrected chi connectivity index (χ3v) is 3.48. The van der Waals surface area contributed by atoms with E-state index in [-0.39, 0.29) is 6.09 Å². The lowest BCUT2D eigenvalue weighted by molar-refractivity contribution is 0.0240. The average Bonchev–Trinajstić information content (AvgIpc) is 2.68. The number of anilines is 1. The Bertz CT molecular complexity index is 482. The van der Waals surface area contributed by atoms with E-state index in [1.807, 2.05) is 38.7 Å². The zero-order valence-corrected chi connectivity index (χ0v) is 13.0. The van der Waals surface area contributed by atoms with Crippen molar-refractivity contribution in [3.63, 3.8) is 0 Å². The van der Waals surface area contributed by atoms with E-state index in [9.17, 15) is 4.79 Å². The summed E-state index contributed by atoms with van der Waals surface area (Å²) in [5, 5.41) is 4.26. The molecule has 1 aliphatic heterocycles. The van der Waals surface area contributed by atoms with Crippen LogP contribution in [0, 0.1) is 6.92 Å². The minimum absolute atomic E-state index is 0.222. The van der Waals surface area contributed by atoms with Crippen LogP contribution in [0.2, 0.25) is 0 Å². The van der Waals surface area contributed by atoms with Crippen molar-refractivity contribution in [2.24, 2.45) is 7.05 Å². The molecule has 1 fully saturated rings. The van der Waals surface area contributed by atoms with Gasteiger partial charge in [0.25, 0.3) is 0 Å². The van der Waals surface area contributed by atoms with Crippen molar-refractivity contribution in [1.82, 2.24) is 14.7 Å². The molecule has 20 heavy (non-hydrogen) atoms. The van der Waals surface area contributed by atoms with Crippen molar-refractivity contribution in [2.75, 3.05) is 31.1 Å². The molecule has 6 heteroatoms. The Kier molecular flexibility index (Phi) is 3.92. The van der Waals surface area contributed by atoms with E-state index in [2.05, 4.69) is 16.9 Å². The molecule has 1 amide bonds. The van der Waals surface area contributed by atoms with Crippen molar-refractivity contribution < 1.29 is 9.53 Å². The molecular formula is C14H24N4O2. The van der Waals surface area contributed by atoms with E-state index in [1.165, 1.54) is 0 Å². The van der Waals surface area contributed by atoms with Crippen LogP contribution in [0.3, 0.4) is 0 Å². The first-order chi connectivity index (χ1) is 9.28. The second-order valence-electron chi connectivity index (χ2n) is 6.19. The molecule has 0 aromatic carbocycles. The highest BCUT2D eigenvalue weighted by Crippen LogP contribution is 2.21. The molecule has 1 aromatic heterocycles. The number of aromatic nitrogens is 2. The number of piperazine rings is 1. The lowest BCUT2D eigenvalue weighted by Crippen LogP contribution is -2.50. The van der Waals surface area contributed by atoms with Gasteiger partial charge < -0.3 is 14.5 Å². The van der Waals surface area contributed by atoms with Crippen LogP contribution in [0.4, 0.5) is 10.5 Å². The predicted octanol–water partition coefficient (Wildman–Crippen LogP) is 1.79. The van der Waals surface area contributed by atoms with Gasteiger partial charge in [0, 0.05) is 33.2 Å². The molecule has 1 aliphatic rings. The number of hydrogen-bond acceptors (Lipinski definition) is 4. The fraction of sp³-hybridized carbons (Fsp3) is 0.714.